The van der Waals surface area contributed by atoms with E-state index in [2.05, 4.69) is 33.1 Å². The lowest BCUT2D eigenvalue weighted by atomic mass is 10.4. The van der Waals surface area contributed by atoms with E-state index >= 15 is 0 Å². The van der Waals surface area contributed by atoms with Gasteiger partial charge in [0, 0.05) is 15.4 Å². The molecule has 2 nitrogen and oxygen atoms in total. The van der Waals surface area contributed by atoms with Crippen molar-refractivity contribution in [1.29, 1.82) is 0 Å². The third-order valence-electron chi connectivity index (χ3n) is 1.61. The second-order valence-electron chi connectivity index (χ2n) is 3.46. The summed E-state index contributed by atoms with van der Waals surface area (Å²) in [6.07, 6.45) is 0. The fourth-order valence-corrected chi connectivity index (χ4v) is 2.41. The van der Waals surface area contributed by atoms with E-state index in [9.17, 15) is 0 Å². The van der Waals surface area contributed by atoms with Crippen LogP contribution in [0.4, 0.5) is 0 Å². The molecule has 0 unspecified atom stereocenters. The number of benzene rings is 1. The lowest BCUT2D eigenvalue weighted by Crippen LogP contribution is -2.16. The highest BCUT2D eigenvalue weighted by Crippen LogP contribution is 2.21. The van der Waals surface area contributed by atoms with Crippen LogP contribution in [0.1, 0.15) is 13.8 Å². The molecule has 0 atom stereocenters. The molecule has 1 aromatic rings. The quantitative estimate of drug-likeness (QED) is 0.524. The van der Waals surface area contributed by atoms with E-state index in [4.69, 9.17) is 5.73 Å². The largest absolute Gasteiger partial charge is 0.387 e. The van der Waals surface area contributed by atoms with Crippen LogP contribution in [-0.4, -0.2) is 17.6 Å². The molecular formula is C11H15BrN2S. The van der Waals surface area contributed by atoms with E-state index < -0.39 is 0 Å². The van der Waals surface area contributed by atoms with Gasteiger partial charge in [-0.1, -0.05) is 22.0 Å². The number of halogens is 1. The highest BCUT2D eigenvalue weighted by atomic mass is 79.9. The minimum absolute atomic E-state index is 0.271. The molecule has 15 heavy (non-hydrogen) atoms. The lowest BCUT2D eigenvalue weighted by Gasteiger charge is -2.03. The van der Waals surface area contributed by atoms with Crippen LogP contribution in [0.5, 0.6) is 0 Å². The normalized spacial score (nSPS) is 12.1. The number of rotatable bonds is 4. The van der Waals surface area contributed by atoms with Crippen molar-refractivity contribution in [2.75, 3.05) is 5.75 Å². The summed E-state index contributed by atoms with van der Waals surface area (Å²) in [4.78, 5) is 5.48. The van der Waals surface area contributed by atoms with Gasteiger partial charge in [-0.2, -0.15) is 0 Å². The summed E-state index contributed by atoms with van der Waals surface area (Å²) >= 11 is 5.13. The Balaban J connectivity index is 2.50. The summed E-state index contributed by atoms with van der Waals surface area (Å²) in [6, 6.07) is 8.44. The van der Waals surface area contributed by atoms with Crippen molar-refractivity contribution >= 4 is 33.5 Å². The zero-order valence-electron chi connectivity index (χ0n) is 8.90. The van der Waals surface area contributed by atoms with Crippen LogP contribution >= 0.6 is 27.7 Å². The number of aliphatic imine (C=N–C) groups is 1. The summed E-state index contributed by atoms with van der Waals surface area (Å²) in [5, 5.41) is 0. The molecule has 0 saturated heterocycles. The molecule has 0 aliphatic heterocycles. The van der Waals surface area contributed by atoms with Gasteiger partial charge in [0.15, 0.2) is 0 Å². The average Bonchev–Trinajstić information content (AvgIpc) is 2.14. The average molecular weight is 287 g/mol. The fourth-order valence-electron chi connectivity index (χ4n) is 1.08. The molecule has 82 valence electrons. The molecule has 0 amide bonds. The molecule has 0 aromatic heterocycles. The van der Waals surface area contributed by atoms with E-state index in [1.165, 1.54) is 4.90 Å². The number of nitrogens with zero attached hydrogens (tertiary/aromatic N) is 1. The molecule has 0 radical (unpaired) electrons. The highest BCUT2D eigenvalue weighted by Gasteiger charge is 1.98. The molecule has 0 fully saturated rings. The molecule has 0 aliphatic rings. The molecule has 0 bridgehead atoms. The van der Waals surface area contributed by atoms with Gasteiger partial charge in [-0.05, 0) is 32.0 Å². The number of amidine groups is 1. The Morgan fingerprint density at radius 3 is 2.87 bits per heavy atom. The summed E-state index contributed by atoms with van der Waals surface area (Å²) in [6.45, 7) is 4.05. The molecule has 1 aromatic carbocycles. The van der Waals surface area contributed by atoms with Gasteiger partial charge in [0.1, 0.15) is 5.84 Å². The van der Waals surface area contributed by atoms with E-state index in [1.807, 2.05) is 26.0 Å². The predicted molar refractivity (Wildman–Crippen MR) is 71.6 cm³/mol. The topological polar surface area (TPSA) is 38.4 Å². The summed E-state index contributed by atoms with van der Waals surface area (Å²) < 4.78 is 1.09. The maximum atomic E-state index is 5.78. The molecule has 0 heterocycles. The Morgan fingerprint density at radius 2 is 2.27 bits per heavy atom. The van der Waals surface area contributed by atoms with Gasteiger partial charge >= 0.3 is 0 Å². The van der Waals surface area contributed by atoms with Gasteiger partial charge < -0.3 is 5.73 Å². The first-order chi connectivity index (χ1) is 7.08. The monoisotopic (exact) mass is 286 g/mol. The first kappa shape index (κ1) is 12.6. The maximum Gasteiger partial charge on any atom is 0.104 e. The molecule has 2 N–H and O–H groups in total. The fraction of sp³-hybridized carbons (Fsp3) is 0.364. The number of hydrogen-bond donors (Lipinski definition) is 1. The van der Waals surface area contributed by atoms with Crippen molar-refractivity contribution in [2.24, 2.45) is 10.7 Å². The SMILES string of the molecule is CC(C)N=C(N)CSc1cccc(Br)c1. The van der Waals surface area contributed by atoms with Crippen molar-refractivity contribution < 1.29 is 0 Å². The zero-order valence-corrected chi connectivity index (χ0v) is 11.3. The Labute approximate surface area is 103 Å². The van der Waals surface area contributed by atoms with Crippen LogP contribution in [0.2, 0.25) is 0 Å². The second-order valence-corrected chi connectivity index (χ2v) is 5.42. The van der Waals surface area contributed by atoms with Crippen molar-refractivity contribution in [1.82, 2.24) is 0 Å². The van der Waals surface area contributed by atoms with Gasteiger partial charge in [0.25, 0.3) is 0 Å². The Hall–Kier alpha value is -0.480. The maximum absolute atomic E-state index is 5.78. The van der Waals surface area contributed by atoms with Crippen molar-refractivity contribution in [3.8, 4) is 0 Å². The minimum atomic E-state index is 0.271. The number of nitrogens with two attached hydrogens (primary N) is 1. The molecule has 0 aliphatic carbocycles. The van der Waals surface area contributed by atoms with Crippen LogP contribution in [0.15, 0.2) is 38.6 Å². The van der Waals surface area contributed by atoms with E-state index in [1.54, 1.807) is 11.8 Å². The van der Waals surface area contributed by atoms with E-state index in [0.717, 1.165) is 10.2 Å². The lowest BCUT2D eigenvalue weighted by molar-refractivity contribution is 0.833. The smallest absolute Gasteiger partial charge is 0.104 e. The van der Waals surface area contributed by atoms with Crippen molar-refractivity contribution in [2.45, 2.75) is 24.8 Å². The van der Waals surface area contributed by atoms with Crippen molar-refractivity contribution in [3.63, 3.8) is 0 Å². The molecule has 1 rings (SSSR count). The summed E-state index contributed by atoms with van der Waals surface area (Å²) in [5.41, 5.74) is 5.78. The van der Waals surface area contributed by atoms with Crippen LogP contribution in [0.3, 0.4) is 0 Å². The third kappa shape index (κ3) is 5.23. The van der Waals surface area contributed by atoms with E-state index in [0.29, 0.717) is 5.84 Å². The minimum Gasteiger partial charge on any atom is -0.387 e. The Morgan fingerprint density at radius 1 is 1.53 bits per heavy atom. The Bertz CT molecular complexity index is 350. The molecule has 0 saturated carbocycles. The van der Waals surface area contributed by atoms with Gasteiger partial charge in [-0.15, -0.1) is 11.8 Å². The van der Waals surface area contributed by atoms with Gasteiger partial charge in [0.2, 0.25) is 0 Å². The number of hydrogen-bond acceptors (Lipinski definition) is 2. The first-order valence-electron chi connectivity index (χ1n) is 4.78. The molecule has 4 heteroatoms. The van der Waals surface area contributed by atoms with Crippen LogP contribution < -0.4 is 5.73 Å². The van der Waals surface area contributed by atoms with Gasteiger partial charge in [-0.3, -0.25) is 4.99 Å². The molecular weight excluding hydrogens is 272 g/mol. The molecule has 0 spiro atoms. The van der Waals surface area contributed by atoms with E-state index in [-0.39, 0.29) is 6.04 Å². The Kier molecular flexibility index (Phi) is 5.19. The number of thioether (sulfide) groups is 1. The van der Waals surface area contributed by atoms with Crippen molar-refractivity contribution in [3.05, 3.63) is 28.7 Å². The van der Waals surface area contributed by atoms with Crippen LogP contribution in [0, 0.1) is 0 Å². The summed E-state index contributed by atoms with van der Waals surface area (Å²) in [7, 11) is 0. The standard InChI is InChI=1S/C11H15BrN2S/c1-8(2)14-11(13)7-15-10-5-3-4-9(12)6-10/h3-6,8H,7H2,1-2H3,(H2,13,14). The predicted octanol–water partition coefficient (Wildman–Crippen LogP) is 3.31. The van der Waals surface area contributed by atoms with Crippen LogP contribution in [-0.2, 0) is 0 Å². The second kappa shape index (κ2) is 6.18. The highest BCUT2D eigenvalue weighted by molar-refractivity contribution is 9.10. The third-order valence-corrected chi connectivity index (χ3v) is 3.13. The van der Waals surface area contributed by atoms with Gasteiger partial charge in [0.05, 0.1) is 5.75 Å². The van der Waals surface area contributed by atoms with Crippen LogP contribution in [0.25, 0.3) is 0 Å². The zero-order chi connectivity index (χ0) is 11.3. The summed E-state index contributed by atoms with van der Waals surface area (Å²) in [5.74, 6) is 1.45. The van der Waals surface area contributed by atoms with Gasteiger partial charge in [-0.25, -0.2) is 0 Å². The first-order valence-corrected chi connectivity index (χ1v) is 6.56.